The van der Waals surface area contributed by atoms with Gasteiger partial charge in [0.05, 0.1) is 7.11 Å². The van der Waals surface area contributed by atoms with Gasteiger partial charge in [0.2, 0.25) is 0 Å². The lowest BCUT2D eigenvalue weighted by Gasteiger charge is -2.00. The van der Waals surface area contributed by atoms with Crippen LogP contribution < -0.4 is 5.32 Å². The minimum absolute atomic E-state index is 0.0994. The fraction of sp³-hybridized carbons (Fsp3) is 0.545. The van der Waals surface area contributed by atoms with E-state index >= 15 is 0 Å². The smallest absolute Gasteiger partial charge is 0.358 e. The molecule has 0 bridgehead atoms. The van der Waals surface area contributed by atoms with Crippen molar-refractivity contribution < 1.29 is 14.3 Å². The lowest BCUT2D eigenvalue weighted by Crippen LogP contribution is -2.07. The maximum atomic E-state index is 11.5. The van der Waals surface area contributed by atoms with Crippen LogP contribution in [0.25, 0.3) is 0 Å². The average Bonchev–Trinajstić information content (AvgIpc) is 2.78. The van der Waals surface area contributed by atoms with E-state index in [1.54, 1.807) is 11.8 Å². The summed E-state index contributed by atoms with van der Waals surface area (Å²) in [6, 6.07) is 0. The second kappa shape index (κ2) is 7.38. The summed E-state index contributed by atoms with van der Waals surface area (Å²) in [6.45, 7) is 2.18. The molecule has 0 aliphatic rings. The standard InChI is InChI=1S/C11H16N2O3S2/c1-7(14)9-8(10(15)16-2)13-11(18-9)12-5-4-6-17-3/h4-6H2,1-3H3,(H,12,13). The summed E-state index contributed by atoms with van der Waals surface area (Å²) in [5, 5.41) is 3.69. The molecule has 0 fully saturated rings. The van der Waals surface area contributed by atoms with E-state index < -0.39 is 5.97 Å². The van der Waals surface area contributed by atoms with Crippen molar-refractivity contribution in [2.45, 2.75) is 13.3 Å². The maximum absolute atomic E-state index is 11.5. The van der Waals surface area contributed by atoms with E-state index in [0.717, 1.165) is 18.7 Å². The number of aromatic nitrogens is 1. The number of carbonyl (C=O) groups is 2. The molecule has 7 heteroatoms. The van der Waals surface area contributed by atoms with Crippen molar-refractivity contribution in [1.29, 1.82) is 0 Å². The van der Waals surface area contributed by atoms with Crippen molar-refractivity contribution in [3.05, 3.63) is 10.6 Å². The van der Waals surface area contributed by atoms with Gasteiger partial charge in [-0.1, -0.05) is 11.3 Å². The summed E-state index contributed by atoms with van der Waals surface area (Å²) in [6.07, 6.45) is 3.05. The molecule has 0 atom stereocenters. The highest BCUT2D eigenvalue weighted by Gasteiger charge is 2.21. The van der Waals surface area contributed by atoms with Gasteiger partial charge in [0.15, 0.2) is 16.6 Å². The van der Waals surface area contributed by atoms with Crippen molar-refractivity contribution in [3.8, 4) is 0 Å². The first-order valence-corrected chi connectivity index (χ1v) is 7.64. The number of hydrogen-bond acceptors (Lipinski definition) is 7. The van der Waals surface area contributed by atoms with Crippen molar-refractivity contribution in [3.63, 3.8) is 0 Å². The number of rotatable bonds is 7. The average molecular weight is 288 g/mol. The van der Waals surface area contributed by atoms with Gasteiger partial charge in [0.1, 0.15) is 4.88 Å². The molecule has 0 saturated heterocycles. The number of carbonyl (C=O) groups excluding carboxylic acids is 2. The van der Waals surface area contributed by atoms with Gasteiger partial charge in [-0.25, -0.2) is 9.78 Å². The van der Waals surface area contributed by atoms with Gasteiger partial charge in [-0.15, -0.1) is 0 Å². The number of thiazole rings is 1. The zero-order chi connectivity index (χ0) is 13.5. The molecule has 5 nitrogen and oxygen atoms in total. The van der Waals surface area contributed by atoms with Gasteiger partial charge >= 0.3 is 5.97 Å². The van der Waals surface area contributed by atoms with Gasteiger partial charge in [-0.2, -0.15) is 11.8 Å². The minimum Gasteiger partial charge on any atom is -0.464 e. The van der Waals surface area contributed by atoms with E-state index in [1.807, 2.05) is 6.26 Å². The maximum Gasteiger partial charge on any atom is 0.358 e. The van der Waals surface area contributed by atoms with Gasteiger partial charge in [-0.05, 0) is 18.4 Å². The molecule has 1 rings (SSSR count). The molecule has 0 aromatic carbocycles. The lowest BCUT2D eigenvalue weighted by molar-refractivity contribution is 0.0591. The van der Waals surface area contributed by atoms with Gasteiger partial charge < -0.3 is 10.1 Å². The Morgan fingerprint density at radius 2 is 2.22 bits per heavy atom. The Morgan fingerprint density at radius 1 is 1.50 bits per heavy atom. The van der Waals surface area contributed by atoms with E-state index in [2.05, 4.69) is 15.0 Å². The number of nitrogens with one attached hydrogen (secondary N) is 1. The molecule has 1 aromatic rings. The fourth-order valence-corrected chi connectivity index (χ4v) is 2.59. The largest absolute Gasteiger partial charge is 0.464 e. The number of hydrogen-bond donors (Lipinski definition) is 1. The highest BCUT2D eigenvalue weighted by Crippen LogP contribution is 2.24. The van der Waals surface area contributed by atoms with Crippen molar-refractivity contribution in [2.24, 2.45) is 0 Å². The van der Waals surface area contributed by atoms with E-state index in [9.17, 15) is 9.59 Å². The quantitative estimate of drug-likeness (QED) is 0.472. The zero-order valence-corrected chi connectivity index (χ0v) is 12.2. The van der Waals surface area contributed by atoms with Crippen molar-refractivity contribution in [1.82, 2.24) is 4.98 Å². The van der Waals surface area contributed by atoms with Crippen LogP contribution in [0.2, 0.25) is 0 Å². The summed E-state index contributed by atoms with van der Waals surface area (Å²) in [7, 11) is 1.27. The number of ketones is 1. The molecule has 0 aliphatic carbocycles. The lowest BCUT2D eigenvalue weighted by atomic mass is 10.3. The molecule has 0 saturated carbocycles. The molecule has 100 valence electrons. The highest BCUT2D eigenvalue weighted by molar-refractivity contribution is 7.98. The number of nitrogens with zero attached hydrogens (tertiary/aromatic N) is 1. The summed E-state index contributed by atoms with van der Waals surface area (Å²) in [4.78, 5) is 27.3. The van der Waals surface area contributed by atoms with Crippen LogP contribution in [0.1, 0.15) is 33.5 Å². The van der Waals surface area contributed by atoms with E-state index in [-0.39, 0.29) is 11.5 Å². The Bertz CT molecular complexity index is 432. The molecule has 18 heavy (non-hydrogen) atoms. The summed E-state index contributed by atoms with van der Waals surface area (Å²) >= 11 is 2.96. The van der Waals surface area contributed by atoms with Crippen molar-refractivity contribution >= 4 is 40.0 Å². The fourth-order valence-electron chi connectivity index (χ4n) is 1.28. The number of ether oxygens (including phenoxy) is 1. The third-order valence-corrected chi connectivity index (χ3v) is 3.94. The van der Waals surface area contributed by atoms with Crippen LogP contribution in [-0.4, -0.2) is 42.4 Å². The molecule has 0 spiro atoms. The number of esters is 1. The van der Waals surface area contributed by atoms with Gasteiger partial charge in [0.25, 0.3) is 0 Å². The minimum atomic E-state index is -0.575. The van der Waals surface area contributed by atoms with Crippen LogP contribution >= 0.6 is 23.1 Å². The monoisotopic (exact) mass is 288 g/mol. The molecular weight excluding hydrogens is 272 g/mol. The number of thioether (sulfide) groups is 1. The summed E-state index contributed by atoms with van der Waals surface area (Å²) in [5.41, 5.74) is 0.0994. The van der Waals surface area contributed by atoms with Gasteiger partial charge in [-0.3, -0.25) is 4.79 Å². The summed E-state index contributed by atoms with van der Waals surface area (Å²) in [5.74, 6) is 0.306. The third-order valence-electron chi connectivity index (χ3n) is 2.13. The molecule has 0 amide bonds. The normalized spacial score (nSPS) is 10.2. The molecule has 0 aliphatic heterocycles. The first-order chi connectivity index (χ1) is 8.60. The Balaban J connectivity index is 2.76. The Hall–Kier alpha value is -1.08. The second-order valence-electron chi connectivity index (χ2n) is 3.52. The van der Waals surface area contributed by atoms with Crippen LogP contribution in [-0.2, 0) is 4.74 Å². The third kappa shape index (κ3) is 3.99. The molecule has 1 N–H and O–H groups in total. The Morgan fingerprint density at radius 3 is 2.78 bits per heavy atom. The van der Waals surface area contributed by atoms with Crippen LogP contribution in [0.15, 0.2) is 0 Å². The molecular formula is C11H16N2O3S2. The topological polar surface area (TPSA) is 68.3 Å². The van der Waals surface area contributed by atoms with E-state index in [0.29, 0.717) is 10.0 Å². The zero-order valence-electron chi connectivity index (χ0n) is 10.6. The van der Waals surface area contributed by atoms with Crippen LogP contribution in [0.3, 0.4) is 0 Å². The van der Waals surface area contributed by atoms with Gasteiger partial charge in [0, 0.05) is 13.5 Å². The Labute approximate surface area is 114 Å². The molecule has 1 aromatic heterocycles. The summed E-state index contributed by atoms with van der Waals surface area (Å²) < 4.78 is 4.61. The predicted molar refractivity (Wildman–Crippen MR) is 74.9 cm³/mol. The first-order valence-electron chi connectivity index (χ1n) is 5.43. The first kappa shape index (κ1) is 15.0. The van der Waals surface area contributed by atoms with E-state index in [4.69, 9.17) is 0 Å². The number of methoxy groups -OCH3 is 1. The van der Waals surface area contributed by atoms with Crippen LogP contribution in [0.4, 0.5) is 5.13 Å². The van der Waals surface area contributed by atoms with E-state index in [1.165, 1.54) is 25.4 Å². The predicted octanol–water partition coefficient (Wildman–Crippen LogP) is 2.30. The number of anilines is 1. The molecule has 1 heterocycles. The second-order valence-corrected chi connectivity index (χ2v) is 5.50. The highest BCUT2D eigenvalue weighted by atomic mass is 32.2. The number of Topliss-reactive ketones (excluding diaryl/α,β-unsaturated/α-hetero) is 1. The molecule has 0 unspecified atom stereocenters. The Kier molecular flexibility index (Phi) is 6.14. The van der Waals surface area contributed by atoms with Crippen molar-refractivity contribution in [2.75, 3.05) is 31.0 Å². The van der Waals surface area contributed by atoms with Crippen LogP contribution in [0.5, 0.6) is 0 Å². The molecule has 0 radical (unpaired) electrons. The van der Waals surface area contributed by atoms with Crippen LogP contribution in [0, 0.1) is 0 Å². The SMILES string of the molecule is COC(=O)c1nc(NCCCSC)sc1C(C)=O.